The average molecular weight is 672 g/mol. The van der Waals surface area contributed by atoms with E-state index in [0.29, 0.717) is 29.0 Å². The lowest BCUT2D eigenvalue weighted by molar-refractivity contribution is -0.320. The monoisotopic (exact) mass is 668 g/mol. The van der Waals surface area contributed by atoms with Gasteiger partial charge >= 0.3 is 0 Å². The number of phenols is 2. The minimum Gasteiger partial charge on any atom is -0.550 e. The van der Waals surface area contributed by atoms with Gasteiger partial charge < -0.3 is 30.0 Å². The molecule has 30 heavy (non-hydrogen) atoms. The van der Waals surface area contributed by atoms with Gasteiger partial charge in [-0.1, -0.05) is 31.9 Å². The Hall–Kier alpha value is -1.10. The fourth-order valence-corrected chi connectivity index (χ4v) is 5.92. The van der Waals surface area contributed by atoms with Crippen LogP contribution in [-0.2, 0) is 22.4 Å². The average Bonchev–Trinajstić information content (AvgIpc) is 2.62. The zero-order valence-corrected chi connectivity index (χ0v) is 21.7. The van der Waals surface area contributed by atoms with Crippen molar-refractivity contribution in [3.05, 3.63) is 53.3 Å². The number of carboxylic acids is 2. The Kier molecular flexibility index (Phi) is 8.79. The maximum Gasteiger partial charge on any atom is 0.133 e. The normalized spacial score (nSPS) is 11.5. The minimum atomic E-state index is -1.59. The number of benzene rings is 2. The minimum absolute atomic E-state index is 0.0299. The first kappa shape index (κ1) is 25.2. The first-order chi connectivity index (χ1) is 13.9. The number of hydrogen-bond acceptors (Lipinski definition) is 6. The van der Waals surface area contributed by atoms with E-state index in [-0.39, 0.29) is 43.6 Å². The van der Waals surface area contributed by atoms with Gasteiger partial charge in [-0.05, 0) is 99.4 Å². The van der Waals surface area contributed by atoms with Crippen LogP contribution in [0.3, 0.4) is 0 Å². The molecule has 0 saturated carbocycles. The smallest absolute Gasteiger partial charge is 0.133 e. The molecule has 0 heterocycles. The third-order valence-corrected chi connectivity index (χ3v) is 6.87. The molecule has 0 aliphatic carbocycles. The van der Waals surface area contributed by atoms with Crippen LogP contribution in [0.15, 0.2) is 42.2 Å². The van der Waals surface area contributed by atoms with Crippen LogP contribution < -0.4 is 10.2 Å². The molecule has 0 saturated heterocycles. The van der Waals surface area contributed by atoms with E-state index >= 15 is 0 Å². The molecular weight excluding hydrogens is 656 g/mol. The molecule has 0 radical (unpaired) electrons. The fraction of sp³-hybridized carbons (Fsp3) is 0.300. The molecular formula is C20H16Br4O6-2. The largest absolute Gasteiger partial charge is 0.550 e. The number of hydrogen-bond donors (Lipinski definition) is 2. The van der Waals surface area contributed by atoms with Crippen molar-refractivity contribution in [2.75, 3.05) is 0 Å². The lowest BCUT2D eigenvalue weighted by Gasteiger charge is -2.36. The van der Waals surface area contributed by atoms with Crippen LogP contribution in [0, 0.1) is 5.41 Å². The maximum absolute atomic E-state index is 12.4. The molecule has 0 bridgehead atoms. The van der Waals surface area contributed by atoms with Crippen molar-refractivity contribution in [2.24, 2.45) is 5.41 Å². The Morgan fingerprint density at radius 2 is 1.27 bits per heavy atom. The summed E-state index contributed by atoms with van der Waals surface area (Å²) in [6.07, 6.45) is -0.637. The molecule has 0 aliphatic heterocycles. The van der Waals surface area contributed by atoms with Crippen LogP contribution in [0.2, 0.25) is 0 Å². The van der Waals surface area contributed by atoms with Gasteiger partial charge in [0.2, 0.25) is 0 Å². The van der Waals surface area contributed by atoms with Crippen LogP contribution in [0.4, 0.5) is 0 Å². The molecule has 10 heteroatoms. The van der Waals surface area contributed by atoms with Gasteiger partial charge in [-0.25, -0.2) is 0 Å². The highest BCUT2D eigenvalue weighted by molar-refractivity contribution is 9.11. The fourth-order valence-electron chi connectivity index (χ4n) is 3.29. The van der Waals surface area contributed by atoms with E-state index < -0.39 is 17.4 Å². The molecule has 0 spiro atoms. The summed E-state index contributed by atoms with van der Waals surface area (Å²) in [6, 6.07) is 6.42. The van der Waals surface area contributed by atoms with Crippen molar-refractivity contribution in [1.82, 2.24) is 0 Å². The second-order valence-electron chi connectivity index (χ2n) is 6.94. The highest BCUT2D eigenvalue weighted by Gasteiger charge is 2.34. The maximum atomic E-state index is 12.4. The number of aromatic hydroxyl groups is 2. The predicted molar refractivity (Wildman–Crippen MR) is 121 cm³/mol. The molecule has 0 atom stereocenters. The van der Waals surface area contributed by atoms with E-state index in [0.717, 1.165) is 0 Å². The van der Waals surface area contributed by atoms with E-state index in [1.54, 1.807) is 24.3 Å². The van der Waals surface area contributed by atoms with E-state index in [4.69, 9.17) is 0 Å². The van der Waals surface area contributed by atoms with Crippen LogP contribution in [-0.4, -0.2) is 22.2 Å². The molecule has 2 aromatic carbocycles. The van der Waals surface area contributed by atoms with Crippen LogP contribution in [0.25, 0.3) is 0 Å². The molecule has 6 nitrogen and oxygen atoms in total. The van der Waals surface area contributed by atoms with Gasteiger partial charge in [0, 0.05) is 26.3 Å². The summed E-state index contributed by atoms with van der Waals surface area (Å²) in [6.45, 7) is 0. The SMILES string of the molecule is O=C([O-])CCCC(Cc1cc(Br)cc(Br)c1O)(Cc1cc(Br)cc(Br)c1O)C(=O)[O-]. The summed E-state index contributed by atoms with van der Waals surface area (Å²) < 4.78 is 2.00. The summed E-state index contributed by atoms with van der Waals surface area (Å²) in [7, 11) is 0. The van der Waals surface area contributed by atoms with Crippen LogP contribution in [0.1, 0.15) is 30.4 Å². The Labute approximate surface area is 206 Å². The number of carboxylic acid groups (broad SMARTS) is 2. The van der Waals surface area contributed by atoms with Crippen molar-refractivity contribution in [2.45, 2.75) is 32.1 Å². The lowest BCUT2D eigenvalue weighted by atomic mass is 9.72. The second-order valence-corrected chi connectivity index (χ2v) is 10.5. The van der Waals surface area contributed by atoms with Gasteiger partial charge in [0.05, 0.1) is 8.95 Å². The second kappa shape index (κ2) is 10.5. The summed E-state index contributed by atoms with van der Waals surface area (Å²) in [5.74, 6) is -2.94. The van der Waals surface area contributed by atoms with Gasteiger partial charge in [-0.2, -0.15) is 0 Å². The summed E-state index contributed by atoms with van der Waals surface area (Å²) >= 11 is 13.1. The molecule has 0 fully saturated rings. The number of aliphatic carboxylic acids is 2. The zero-order chi connectivity index (χ0) is 22.6. The number of carbonyl (C=O) groups is 2. The first-order valence-corrected chi connectivity index (χ1v) is 11.9. The summed E-state index contributed by atoms with van der Waals surface area (Å²) in [5.41, 5.74) is -0.921. The Morgan fingerprint density at radius 3 is 1.63 bits per heavy atom. The van der Waals surface area contributed by atoms with Gasteiger partial charge in [0.25, 0.3) is 0 Å². The third kappa shape index (κ3) is 6.21. The van der Waals surface area contributed by atoms with Crippen molar-refractivity contribution in [1.29, 1.82) is 0 Å². The van der Waals surface area contributed by atoms with Crippen molar-refractivity contribution in [3.63, 3.8) is 0 Å². The zero-order valence-electron chi connectivity index (χ0n) is 15.4. The number of phenolic OH excluding ortho intramolecular Hbond substituents is 2. The van der Waals surface area contributed by atoms with E-state index in [1.807, 2.05) is 0 Å². The van der Waals surface area contributed by atoms with E-state index in [2.05, 4.69) is 63.7 Å². The lowest BCUT2D eigenvalue weighted by Crippen LogP contribution is -2.46. The molecule has 162 valence electrons. The summed E-state index contributed by atoms with van der Waals surface area (Å²) in [4.78, 5) is 23.3. The quantitative estimate of drug-likeness (QED) is 0.421. The number of halogens is 4. The Morgan fingerprint density at radius 1 is 0.833 bits per heavy atom. The Bertz CT molecular complexity index is 917. The van der Waals surface area contributed by atoms with Gasteiger partial charge in [-0.15, -0.1) is 0 Å². The standard InChI is InChI=1S/C20H18Br4O6/c21-12-4-10(17(27)14(23)6-12)8-20(19(29)30,3-1-2-16(25)26)9-11-5-13(22)7-15(24)18(11)28/h4-7,27-28H,1-3,8-9H2,(H,25,26)(H,29,30)/p-2. The highest BCUT2D eigenvalue weighted by atomic mass is 79.9. The molecule has 0 aliphatic rings. The Balaban J connectivity index is 2.56. The van der Waals surface area contributed by atoms with Gasteiger partial charge in [0.15, 0.2) is 0 Å². The highest BCUT2D eigenvalue weighted by Crippen LogP contribution is 2.42. The van der Waals surface area contributed by atoms with Crippen molar-refractivity contribution >= 4 is 75.7 Å². The molecule has 2 rings (SSSR count). The van der Waals surface area contributed by atoms with E-state index in [9.17, 15) is 30.0 Å². The summed E-state index contributed by atoms with van der Waals surface area (Å²) in [5, 5.41) is 44.1. The molecule has 0 unspecified atom stereocenters. The number of rotatable bonds is 9. The van der Waals surface area contributed by atoms with Gasteiger partial charge in [-0.3, -0.25) is 0 Å². The first-order valence-electron chi connectivity index (χ1n) is 8.70. The van der Waals surface area contributed by atoms with E-state index in [1.165, 1.54) is 0 Å². The molecule has 0 amide bonds. The molecule has 2 N–H and O–H groups in total. The molecule has 2 aromatic rings. The van der Waals surface area contributed by atoms with Crippen LogP contribution >= 0.6 is 63.7 Å². The predicted octanol–water partition coefficient (Wildman–Crippen LogP) is 3.59. The topological polar surface area (TPSA) is 121 Å². The van der Waals surface area contributed by atoms with Crippen LogP contribution in [0.5, 0.6) is 11.5 Å². The van der Waals surface area contributed by atoms with Crippen molar-refractivity contribution in [3.8, 4) is 11.5 Å². The molecule has 0 aromatic heterocycles. The van der Waals surface area contributed by atoms with Crippen molar-refractivity contribution < 1.29 is 30.0 Å². The van der Waals surface area contributed by atoms with Gasteiger partial charge in [0.1, 0.15) is 11.5 Å². The third-order valence-electron chi connectivity index (χ3n) is 4.74. The number of carbonyl (C=O) groups excluding carboxylic acids is 2.